The highest BCUT2D eigenvalue weighted by atomic mass is 35.5. The van der Waals surface area contributed by atoms with Gasteiger partial charge >= 0.3 is 18.8 Å². The van der Waals surface area contributed by atoms with Crippen molar-refractivity contribution >= 4 is 29.6 Å². The van der Waals surface area contributed by atoms with Crippen molar-refractivity contribution in [3.05, 3.63) is 83.7 Å². The van der Waals surface area contributed by atoms with Crippen molar-refractivity contribution in [2.75, 3.05) is 13.2 Å². The third-order valence-electron chi connectivity index (χ3n) is 9.57. The summed E-state index contributed by atoms with van der Waals surface area (Å²) in [5.41, 5.74) is 5.49. The molecule has 0 unspecified atom stereocenters. The van der Waals surface area contributed by atoms with E-state index in [0.29, 0.717) is 33.5 Å². The molecule has 1 atom stereocenters. The van der Waals surface area contributed by atoms with E-state index in [1.807, 2.05) is 20.8 Å². The Bertz CT molecular complexity index is 1970. The molecule has 3 N–H and O–H groups in total. The second-order valence-corrected chi connectivity index (χ2v) is 15.1. The van der Waals surface area contributed by atoms with Gasteiger partial charge in [-0.2, -0.15) is 32.1 Å². The number of nitrogens with two attached hydrogens (primary N) is 1. The second kappa shape index (κ2) is 14.1. The number of hydrogen-bond donors (Lipinski definition) is 2. The van der Waals surface area contributed by atoms with Crippen molar-refractivity contribution in [2.24, 2.45) is 21.6 Å². The number of alkyl halides is 5. The lowest BCUT2D eigenvalue weighted by Crippen LogP contribution is -2.78. The quantitative estimate of drug-likeness (QED) is 0.0925. The van der Waals surface area contributed by atoms with Gasteiger partial charge in [0, 0.05) is 29.4 Å². The Morgan fingerprint density at radius 3 is 2.36 bits per heavy atom. The van der Waals surface area contributed by atoms with E-state index < -0.39 is 48.3 Å². The van der Waals surface area contributed by atoms with Gasteiger partial charge in [-0.25, -0.2) is 19.1 Å². The van der Waals surface area contributed by atoms with Gasteiger partial charge in [0.05, 0.1) is 28.4 Å². The normalized spacial score (nSPS) is 20.4. The van der Waals surface area contributed by atoms with Crippen LogP contribution in [0.2, 0.25) is 5.02 Å². The Kier molecular flexibility index (Phi) is 10.00. The van der Waals surface area contributed by atoms with E-state index in [1.54, 1.807) is 30.3 Å². The number of aliphatic imine (C=N–C) groups is 1. The molecule has 0 spiro atoms. The van der Waals surface area contributed by atoms with Gasteiger partial charge in [-0.3, -0.25) is 14.7 Å². The number of halogens is 6. The molecule has 3 aliphatic carbocycles. The maximum absolute atomic E-state index is 14.5. The molecular weight excluding hydrogens is 725 g/mol. The average molecular weight is 762 g/mol. The molecule has 3 fully saturated rings. The van der Waals surface area contributed by atoms with Crippen molar-refractivity contribution in [3.63, 3.8) is 0 Å². The maximum atomic E-state index is 14.5. The molecule has 3 saturated carbocycles. The molecule has 2 bridgehead atoms. The first-order valence-corrected chi connectivity index (χ1v) is 17.0. The number of rotatable bonds is 11. The summed E-state index contributed by atoms with van der Waals surface area (Å²) in [6, 6.07) is 9.74. The van der Waals surface area contributed by atoms with Crippen LogP contribution in [-0.4, -0.2) is 72.3 Å². The van der Waals surface area contributed by atoms with E-state index in [-0.39, 0.29) is 47.8 Å². The molecular formula is C35H37ClF5N9O3. The fourth-order valence-electron chi connectivity index (χ4n) is 6.72. The lowest BCUT2D eigenvalue weighted by molar-refractivity contribution is -0.337. The zero-order valence-electron chi connectivity index (χ0n) is 28.9. The molecule has 7 rings (SSSR count). The smallest absolute Gasteiger partial charge is 0.407 e. The summed E-state index contributed by atoms with van der Waals surface area (Å²) in [5, 5.41) is 10.7. The van der Waals surface area contributed by atoms with Gasteiger partial charge in [-0.05, 0) is 66.5 Å². The van der Waals surface area contributed by atoms with Crippen LogP contribution < -0.4 is 11.1 Å². The number of guanidine groups is 1. The highest BCUT2D eigenvalue weighted by Gasteiger charge is 2.79. The van der Waals surface area contributed by atoms with Crippen molar-refractivity contribution in [3.8, 4) is 16.8 Å². The first kappa shape index (κ1) is 37.7. The van der Waals surface area contributed by atoms with Gasteiger partial charge in [-0.1, -0.05) is 50.6 Å². The Hall–Kier alpha value is -5.06. The van der Waals surface area contributed by atoms with Crippen LogP contribution in [0.15, 0.2) is 72.5 Å². The number of aromatic nitrogens is 5. The summed E-state index contributed by atoms with van der Waals surface area (Å²) >= 11 is 6.52. The molecule has 0 saturated heterocycles. The minimum atomic E-state index is -4.36. The molecule has 2 aromatic heterocycles. The number of ether oxygens (including phenoxy) is 1. The van der Waals surface area contributed by atoms with Crippen LogP contribution >= 0.6 is 11.6 Å². The Labute approximate surface area is 306 Å². The SMILES string of the molecule is CC(C)(C)CCN=C(N)N(C(=O)c1ccc(-c2cnn(C(F)F)c2)cc1)[C@H](COC(=O)NC12CC(C(F)(F)F)(C1)C2)c1ccc(Cl)c(-n2cncn2)c1. The predicted molar refractivity (Wildman–Crippen MR) is 184 cm³/mol. The fourth-order valence-corrected chi connectivity index (χ4v) is 6.92. The summed E-state index contributed by atoms with van der Waals surface area (Å²) in [5.74, 6) is -0.839. The van der Waals surface area contributed by atoms with Gasteiger partial charge < -0.3 is 15.8 Å². The maximum Gasteiger partial charge on any atom is 0.407 e. The Balaban J connectivity index is 1.33. The number of hydrogen-bond acceptors (Lipinski definition) is 7. The predicted octanol–water partition coefficient (Wildman–Crippen LogP) is 7.32. The van der Waals surface area contributed by atoms with Crippen molar-refractivity contribution in [2.45, 2.75) is 70.8 Å². The molecule has 282 valence electrons. The zero-order valence-corrected chi connectivity index (χ0v) is 29.7. The summed E-state index contributed by atoms with van der Waals surface area (Å²) < 4.78 is 74.2. The number of nitrogens with one attached hydrogen (secondary N) is 1. The molecule has 53 heavy (non-hydrogen) atoms. The Morgan fingerprint density at radius 2 is 1.77 bits per heavy atom. The molecule has 18 heteroatoms. The topological polar surface area (TPSA) is 146 Å². The van der Waals surface area contributed by atoms with Gasteiger partial charge in [-0.15, -0.1) is 0 Å². The molecule has 12 nitrogen and oxygen atoms in total. The largest absolute Gasteiger partial charge is 0.447 e. The number of nitrogens with zero attached hydrogens (tertiary/aromatic N) is 7. The van der Waals surface area contributed by atoms with Crippen molar-refractivity contribution < 1.29 is 36.3 Å². The van der Waals surface area contributed by atoms with E-state index in [4.69, 9.17) is 22.1 Å². The Morgan fingerprint density at radius 1 is 1.08 bits per heavy atom. The molecule has 0 aliphatic heterocycles. The molecule has 0 radical (unpaired) electrons. The van der Waals surface area contributed by atoms with E-state index in [1.165, 1.54) is 46.8 Å². The van der Waals surface area contributed by atoms with Gasteiger partial charge in [0.25, 0.3) is 5.91 Å². The molecule has 4 aromatic rings. The zero-order chi connectivity index (χ0) is 38.3. The van der Waals surface area contributed by atoms with Crippen LogP contribution in [0.25, 0.3) is 16.8 Å². The molecule has 2 heterocycles. The molecule has 3 aliphatic rings. The van der Waals surface area contributed by atoms with Crippen LogP contribution in [0.4, 0.5) is 26.7 Å². The first-order valence-electron chi connectivity index (χ1n) is 16.6. The minimum absolute atomic E-state index is 0.123. The minimum Gasteiger partial charge on any atom is -0.447 e. The van der Waals surface area contributed by atoms with Crippen LogP contribution in [-0.2, 0) is 4.74 Å². The third-order valence-corrected chi connectivity index (χ3v) is 9.89. The fraction of sp³-hybridized carbons (Fsp3) is 0.429. The molecule has 2 amide bonds. The highest BCUT2D eigenvalue weighted by molar-refractivity contribution is 6.32. The first-order chi connectivity index (χ1) is 24.9. The third kappa shape index (κ3) is 7.84. The van der Waals surface area contributed by atoms with Crippen LogP contribution in [0.1, 0.15) is 75.0 Å². The van der Waals surface area contributed by atoms with Crippen LogP contribution in [0, 0.1) is 10.8 Å². The van der Waals surface area contributed by atoms with Crippen LogP contribution in [0.3, 0.4) is 0 Å². The standard InChI is InChI=1S/C35H37ClF5N9O3/c1-32(2,3)10-11-44-30(42)50(28(51)22-6-4-21(5-7-22)24-13-45-48(14-24)29(37)38)27(23-8-9-25(36)26(12-23)49-20-43-19-46-49)15-53-31(52)47-34-16-33(17-34,18-34)35(39,40)41/h4-9,12-14,19-20,27,29H,10-11,15-18H2,1-3H3,(H2,42,44)(H,47,52)/t27-,33?,34?/m1/s1. The van der Waals surface area contributed by atoms with E-state index >= 15 is 0 Å². The highest BCUT2D eigenvalue weighted by Crippen LogP contribution is 2.73. The summed E-state index contributed by atoms with van der Waals surface area (Å²) in [6.45, 7) is 2.99. The van der Waals surface area contributed by atoms with Gasteiger partial charge in [0.15, 0.2) is 5.96 Å². The lowest BCUT2D eigenvalue weighted by atomic mass is 9.39. The van der Waals surface area contributed by atoms with Crippen LogP contribution in [0.5, 0.6) is 0 Å². The number of carbonyl (C=O) groups excluding carboxylic acids is 2. The van der Waals surface area contributed by atoms with E-state index in [0.717, 1.165) is 0 Å². The lowest BCUT2D eigenvalue weighted by Gasteiger charge is -2.69. The summed E-state index contributed by atoms with van der Waals surface area (Å²) in [7, 11) is 0. The molecule has 2 aromatic carbocycles. The van der Waals surface area contributed by atoms with Crippen molar-refractivity contribution in [1.82, 2.24) is 34.8 Å². The van der Waals surface area contributed by atoms with Gasteiger partial charge in [0.1, 0.15) is 19.3 Å². The number of amides is 2. The number of carbonyl (C=O) groups is 2. The number of benzene rings is 2. The summed E-state index contributed by atoms with van der Waals surface area (Å²) in [6.07, 6.45) is -0.255. The summed E-state index contributed by atoms with van der Waals surface area (Å²) in [4.78, 5) is 37.3. The average Bonchev–Trinajstić information content (AvgIpc) is 3.77. The number of alkyl carbamates (subject to hydrolysis) is 1. The van der Waals surface area contributed by atoms with E-state index in [9.17, 15) is 31.5 Å². The van der Waals surface area contributed by atoms with Gasteiger partial charge in [0.2, 0.25) is 0 Å². The second-order valence-electron chi connectivity index (χ2n) is 14.7. The van der Waals surface area contributed by atoms with Crippen molar-refractivity contribution in [1.29, 1.82) is 0 Å². The monoisotopic (exact) mass is 761 g/mol. The van der Waals surface area contributed by atoms with E-state index in [2.05, 4.69) is 25.5 Å².